The highest BCUT2D eigenvalue weighted by molar-refractivity contribution is 5.78. The van der Waals surface area contributed by atoms with Crippen LogP contribution in [0.5, 0.6) is 0 Å². The van der Waals surface area contributed by atoms with E-state index >= 15 is 0 Å². The van der Waals surface area contributed by atoms with Crippen LogP contribution in [0, 0.1) is 5.92 Å². The Morgan fingerprint density at radius 2 is 1.79 bits per heavy atom. The number of piperidine rings is 1. The molecule has 3 unspecified atom stereocenters. The fourth-order valence-corrected chi connectivity index (χ4v) is 4.43. The lowest BCUT2D eigenvalue weighted by Crippen LogP contribution is -2.49. The van der Waals surface area contributed by atoms with E-state index in [0.29, 0.717) is 18.5 Å². The second-order valence-electron chi connectivity index (χ2n) is 8.27. The van der Waals surface area contributed by atoms with Gasteiger partial charge in [-0.1, -0.05) is 54.6 Å². The zero-order valence-electron chi connectivity index (χ0n) is 16.7. The minimum absolute atomic E-state index is 0.121. The van der Waals surface area contributed by atoms with Crippen LogP contribution in [0.2, 0.25) is 0 Å². The van der Waals surface area contributed by atoms with Crippen LogP contribution in [-0.2, 0) is 4.79 Å². The summed E-state index contributed by atoms with van der Waals surface area (Å²) in [5, 5.41) is 3.00. The van der Waals surface area contributed by atoms with Gasteiger partial charge < -0.3 is 5.32 Å². The number of hydrogen-bond donors (Lipinski definition) is 3. The average Bonchev–Trinajstić information content (AvgIpc) is 3.11. The maximum atomic E-state index is 12.2. The number of hydrogen-bond acceptors (Lipinski definition) is 4. The lowest BCUT2D eigenvalue weighted by atomic mass is 9.84. The van der Waals surface area contributed by atoms with Crippen molar-refractivity contribution in [3.8, 4) is 11.1 Å². The molecule has 0 aromatic heterocycles. The third-order valence-corrected chi connectivity index (χ3v) is 5.79. The molecule has 0 bridgehead atoms. The van der Waals surface area contributed by atoms with Crippen LogP contribution < -0.4 is 16.2 Å². The molecule has 2 aromatic carbocycles. The van der Waals surface area contributed by atoms with E-state index in [-0.39, 0.29) is 18.0 Å². The molecule has 2 fully saturated rings. The summed E-state index contributed by atoms with van der Waals surface area (Å²) in [5.74, 6) is 0.583. The van der Waals surface area contributed by atoms with Gasteiger partial charge in [0.05, 0.1) is 12.6 Å². The van der Waals surface area contributed by atoms with Gasteiger partial charge >= 0.3 is 0 Å². The maximum Gasteiger partial charge on any atom is 0.234 e. The third kappa shape index (κ3) is 4.27. The predicted octanol–water partition coefficient (Wildman–Crippen LogP) is 2.72. The van der Waals surface area contributed by atoms with E-state index in [1.807, 2.05) is 19.9 Å². The SMILES string of the molecule is CC(C)NC(=O)CN1CCC2NNC(c3ccc(-c4ccccc4)cc3)C2C1. The zero-order valence-corrected chi connectivity index (χ0v) is 16.7. The highest BCUT2D eigenvalue weighted by atomic mass is 16.2. The number of likely N-dealkylation sites (tertiary alicyclic amines) is 1. The van der Waals surface area contributed by atoms with E-state index in [0.717, 1.165) is 19.5 Å². The fourth-order valence-electron chi connectivity index (χ4n) is 4.43. The summed E-state index contributed by atoms with van der Waals surface area (Å²) >= 11 is 0. The van der Waals surface area contributed by atoms with Gasteiger partial charge in [0, 0.05) is 31.1 Å². The van der Waals surface area contributed by atoms with Crippen molar-refractivity contribution in [3.05, 3.63) is 60.2 Å². The fraction of sp³-hybridized carbons (Fsp3) is 0.435. The largest absolute Gasteiger partial charge is 0.353 e. The lowest BCUT2D eigenvalue weighted by molar-refractivity contribution is -0.123. The highest BCUT2D eigenvalue weighted by Crippen LogP contribution is 2.34. The summed E-state index contributed by atoms with van der Waals surface area (Å²) in [6, 6.07) is 20.3. The van der Waals surface area contributed by atoms with Gasteiger partial charge in [-0.25, -0.2) is 5.43 Å². The summed E-state index contributed by atoms with van der Waals surface area (Å²) in [5.41, 5.74) is 10.8. The Hall–Kier alpha value is -2.21. The van der Waals surface area contributed by atoms with Crippen molar-refractivity contribution in [3.63, 3.8) is 0 Å². The number of carbonyl (C=O) groups is 1. The van der Waals surface area contributed by atoms with Crippen LogP contribution in [0.25, 0.3) is 11.1 Å². The van der Waals surface area contributed by atoms with E-state index in [2.05, 4.69) is 69.6 Å². The highest BCUT2D eigenvalue weighted by Gasteiger charge is 2.40. The number of nitrogens with zero attached hydrogens (tertiary/aromatic N) is 1. The Labute approximate surface area is 167 Å². The van der Waals surface area contributed by atoms with E-state index in [9.17, 15) is 4.79 Å². The Balaban J connectivity index is 1.43. The lowest BCUT2D eigenvalue weighted by Gasteiger charge is -2.35. The number of benzene rings is 2. The minimum Gasteiger partial charge on any atom is -0.353 e. The van der Waals surface area contributed by atoms with Crippen LogP contribution in [0.4, 0.5) is 0 Å². The summed E-state index contributed by atoms with van der Waals surface area (Å²) in [6.07, 6.45) is 1.06. The molecule has 148 valence electrons. The van der Waals surface area contributed by atoms with Crippen LogP contribution >= 0.6 is 0 Å². The first-order valence-electron chi connectivity index (χ1n) is 10.3. The summed E-state index contributed by atoms with van der Waals surface area (Å²) in [7, 11) is 0. The molecular formula is C23H30N4O. The molecule has 1 amide bonds. The second-order valence-corrected chi connectivity index (χ2v) is 8.27. The quantitative estimate of drug-likeness (QED) is 0.749. The molecule has 2 aromatic rings. The summed E-state index contributed by atoms with van der Waals surface area (Å²) in [4.78, 5) is 14.4. The van der Waals surface area contributed by atoms with Crippen molar-refractivity contribution in [1.82, 2.24) is 21.1 Å². The van der Waals surface area contributed by atoms with Crippen LogP contribution in [-0.4, -0.2) is 42.5 Å². The van der Waals surface area contributed by atoms with E-state index < -0.39 is 0 Å². The van der Waals surface area contributed by atoms with Crippen molar-refractivity contribution in [2.24, 2.45) is 5.92 Å². The molecule has 2 aliphatic rings. The third-order valence-electron chi connectivity index (χ3n) is 5.79. The van der Waals surface area contributed by atoms with Crippen molar-refractivity contribution in [2.75, 3.05) is 19.6 Å². The van der Waals surface area contributed by atoms with Crippen LogP contribution in [0.15, 0.2) is 54.6 Å². The van der Waals surface area contributed by atoms with Gasteiger partial charge in [0.1, 0.15) is 0 Å². The Bertz CT molecular complexity index is 790. The Kier molecular flexibility index (Phi) is 5.76. The van der Waals surface area contributed by atoms with Gasteiger partial charge in [-0.05, 0) is 37.0 Å². The first kappa shape index (κ1) is 19.1. The molecule has 28 heavy (non-hydrogen) atoms. The van der Waals surface area contributed by atoms with Gasteiger partial charge in [-0.3, -0.25) is 15.1 Å². The van der Waals surface area contributed by atoms with Gasteiger partial charge in [-0.2, -0.15) is 0 Å². The predicted molar refractivity (Wildman–Crippen MR) is 113 cm³/mol. The Morgan fingerprint density at radius 3 is 2.50 bits per heavy atom. The molecule has 0 radical (unpaired) electrons. The molecule has 4 rings (SSSR count). The molecule has 3 N–H and O–H groups in total. The van der Waals surface area contributed by atoms with Crippen molar-refractivity contribution in [2.45, 2.75) is 38.4 Å². The van der Waals surface area contributed by atoms with Crippen molar-refractivity contribution >= 4 is 5.91 Å². The molecule has 2 heterocycles. The molecular weight excluding hydrogens is 348 g/mol. The number of amides is 1. The van der Waals surface area contributed by atoms with E-state index in [1.165, 1.54) is 16.7 Å². The number of carbonyl (C=O) groups excluding carboxylic acids is 1. The summed E-state index contributed by atoms with van der Waals surface area (Å²) < 4.78 is 0. The van der Waals surface area contributed by atoms with Crippen LogP contribution in [0.3, 0.4) is 0 Å². The normalized spacial score (nSPS) is 24.9. The Morgan fingerprint density at radius 1 is 1.07 bits per heavy atom. The number of fused-ring (bicyclic) bond motifs is 1. The number of nitrogens with one attached hydrogen (secondary N) is 3. The van der Waals surface area contributed by atoms with Gasteiger partial charge in [0.2, 0.25) is 5.91 Å². The van der Waals surface area contributed by atoms with Crippen molar-refractivity contribution < 1.29 is 4.79 Å². The van der Waals surface area contributed by atoms with E-state index in [4.69, 9.17) is 0 Å². The van der Waals surface area contributed by atoms with Crippen LogP contribution in [0.1, 0.15) is 31.9 Å². The summed E-state index contributed by atoms with van der Waals surface area (Å²) in [6.45, 7) is 6.39. The van der Waals surface area contributed by atoms with Gasteiger partial charge in [0.25, 0.3) is 0 Å². The molecule has 0 aliphatic carbocycles. The number of rotatable bonds is 5. The zero-order chi connectivity index (χ0) is 19.5. The molecule has 3 atom stereocenters. The molecule has 0 spiro atoms. The first-order chi connectivity index (χ1) is 13.6. The first-order valence-corrected chi connectivity index (χ1v) is 10.3. The standard InChI is InChI=1S/C23H30N4O/c1-16(2)24-22(28)15-27-13-12-21-20(14-27)23(26-25-21)19-10-8-18(9-11-19)17-6-4-3-5-7-17/h3-11,16,20-21,23,25-26H,12-15H2,1-2H3,(H,24,28). The van der Waals surface area contributed by atoms with E-state index in [1.54, 1.807) is 0 Å². The van der Waals surface area contributed by atoms with Gasteiger partial charge in [-0.15, -0.1) is 0 Å². The molecule has 2 aliphatic heterocycles. The monoisotopic (exact) mass is 378 g/mol. The number of hydrazine groups is 1. The molecule has 5 nitrogen and oxygen atoms in total. The molecule has 0 saturated carbocycles. The average molecular weight is 379 g/mol. The molecule has 2 saturated heterocycles. The van der Waals surface area contributed by atoms with Crippen molar-refractivity contribution in [1.29, 1.82) is 0 Å². The molecule has 5 heteroatoms. The topological polar surface area (TPSA) is 56.4 Å². The smallest absolute Gasteiger partial charge is 0.234 e. The second kappa shape index (κ2) is 8.43. The minimum atomic E-state index is 0.121. The maximum absolute atomic E-state index is 12.2. The van der Waals surface area contributed by atoms with Gasteiger partial charge in [0.15, 0.2) is 0 Å².